The lowest BCUT2D eigenvalue weighted by Gasteiger charge is -2.27. The van der Waals surface area contributed by atoms with Crippen LogP contribution in [0, 0.1) is 0 Å². The van der Waals surface area contributed by atoms with E-state index in [-0.39, 0.29) is 10.9 Å². The maximum atomic E-state index is 5.83. The summed E-state index contributed by atoms with van der Waals surface area (Å²) in [6.07, 6.45) is 3.79. The quantitative estimate of drug-likeness (QED) is 0.514. The SMILES string of the molecule is COCCOc1ccc(C(Br)C2CCCCO2)cc1Br. The Morgan fingerprint density at radius 3 is 2.85 bits per heavy atom. The van der Waals surface area contributed by atoms with Crippen molar-refractivity contribution in [2.45, 2.75) is 30.2 Å². The molecule has 0 N–H and O–H groups in total. The molecule has 2 rings (SSSR count). The standard InChI is InChI=1S/C15H20Br2O3/c1-18-8-9-20-13-6-5-11(10-12(13)16)15(17)14-4-2-3-7-19-14/h5-6,10,14-15H,2-4,7-9H2,1H3. The van der Waals surface area contributed by atoms with Gasteiger partial charge >= 0.3 is 0 Å². The minimum absolute atomic E-state index is 0.229. The molecule has 2 unspecified atom stereocenters. The molecule has 0 bridgehead atoms. The van der Waals surface area contributed by atoms with E-state index < -0.39 is 0 Å². The molecule has 112 valence electrons. The smallest absolute Gasteiger partial charge is 0.133 e. The molecule has 1 aliphatic rings. The van der Waals surface area contributed by atoms with E-state index in [0.717, 1.165) is 23.2 Å². The van der Waals surface area contributed by atoms with Crippen molar-refractivity contribution in [3.8, 4) is 5.75 Å². The van der Waals surface area contributed by atoms with E-state index in [9.17, 15) is 0 Å². The van der Waals surface area contributed by atoms with Crippen LogP contribution in [-0.4, -0.2) is 33.0 Å². The third kappa shape index (κ3) is 4.45. The molecule has 0 saturated carbocycles. The third-order valence-corrected chi connectivity index (χ3v) is 5.10. The van der Waals surface area contributed by atoms with Gasteiger partial charge in [-0.1, -0.05) is 22.0 Å². The highest BCUT2D eigenvalue weighted by Gasteiger charge is 2.24. The fourth-order valence-electron chi connectivity index (χ4n) is 2.25. The minimum atomic E-state index is 0.229. The average Bonchev–Trinajstić information content (AvgIpc) is 2.49. The topological polar surface area (TPSA) is 27.7 Å². The fourth-order valence-corrected chi connectivity index (χ4v) is 3.46. The molecule has 5 heteroatoms. The Morgan fingerprint density at radius 2 is 2.20 bits per heavy atom. The molecule has 0 spiro atoms. The maximum Gasteiger partial charge on any atom is 0.133 e. The predicted molar refractivity (Wildman–Crippen MR) is 86.8 cm³/mol. The normalized spacial score (nSPS) is 20.6. The predicted octanol–water partition coefficient (Wildman–Crippen LogP) is 4.48. The van der Waals surface area contributed by atoms with E-state index in [1.54, 1.807) is 7.11 Å². The van der Waals surface area contributed by atoms with E-state index >= 15 is 0 Å². The number of methoxy groups -OCH3 is 1. The largest absolute Gasteiger partial charge is 0.490 e. The van der Waals surface area contributed by atoms with Crippen molar-refractivity contribution in [1.29, 1.82) is 0 Å². The molecule has 3 nitrogen and oxygen atoms in total. The summed E-state index contributed by atoms with van der Waals surface area (Å²) in [7, 11) is 1.67. The highest BCUT2D eigenvalue weighted by Crippen LogP contribution is 2.36. The first kappa shape index (κ1) is 16.3. The van der Waals surface area contributed by atoms with Gasteiger partial charge in [-0.2, -0.15) is 0 Å². The van der Waals surface area contributed by atoms with Crippen LogP contribution in [0.15, 0.2) is 22.7 Å². The summed E-state index contributed by atoms with van der Waals surface area (Å²) in [5.41, 5.74) is 1.21. The molecule has 1 heterocycles. The van der Waals surface area contributed by atoms with E-state index in [0.29, 0.717) is 13.2 Å². The molecule has 0 aromatic heterocycles. The summed E-state index contributed by atoms with van der Waals surface area (Å²) in [6.45, 7) is 2.01. The second kappa shape index (κ2) is 8.37. The molecule has 1 aromatic carbocycles. The van der Waals surface area contributed by atoms with E-state index in [2.05, 4.69) is 44.0 Å². The van der Waals surface area contributed by atoms with Gasteiger partial charge in [0.25, 0.3) is 0 Å². The van der Waals surface area contributed by atoms with Crippen molar-refractivity contribution in [3.63, 3.8) is 0 Å². The van der Waals surface area contributed by atoms with Gasteiger partial charge in [-0.3, -0.25) is 0 Å². The van der Waals surface area contributed by atoms with Crippen LogP contribution >= 0.6 is 31.9 Å². The monoisotopic (exact) mass is 406 g/mol. The molecule has 20 heavy (non-hydrogen) atoms. The molecule has 0 radical (unpaired) electrons. The van der Waals surface area contributed by atoms with Crippen LogP contribution in [0.25, 0.3) is 0 Å². The molecular formula is C15H20Br2O3. The molecule has 1 fully saturated rings. The summed E-state index contributed by atoms with van der Waals surface area (Å²) in [5.74, 6) is 0.843. The third-order valence-electron chi connectivity index (χ3n) is 3.36. The van der Waals surface area contributed by atoms with Crippen LogP contribution in [0.5, 0.6) is 5.75 Å². The number of hydrogen-bond acceptors (Lipinski definition) is 3. The Kier molecular flexibility index (Phi) is 6.81. The zero-order valence-electron chi connectivity index (χ0n) is 11.6. The number of alkyl halides is 1. The van der Waals surface area contributed by atoms with Gasteiger partial charge in [0, 0.05) is 13.7 Å². The number of benzene rings is 1. The van der Waals surface area contributed by atoms with Crippen molar-refractivity contribution >= 4 is 31.9 Å². The molecule has 1 aromatic rings. The second-order valence-corrected chi connectivity index (χ2v) is 6.68. The van der Waals surface area contributed by atoms with Crippen molar-refractivity contribution in [2.75, 3.05) is 26.9 Å². The Balaban J connectivity index is 1.99. The van der Waals surface area contributed by atoms with Gasteiger partial charge in [-0.25, -0.2) is 0 Å². The van der Waals surface area contributed by atoms with Crippen molar-refractivity contribution in [2.24, 2.45) is 0 Å². The first-order chi connectivity index (χ1) is 9.72. The zero-order chi connectivity index (χ0) is 14.4. The van der Waals surface area contributed by atoms with Gasteiger partial charge in [0.1, 0.15) is 12.4 Å². The highest BCUT2D eigenvalue weighted by atomic mass is 79.9. The Morgan fingerprint density at radius 1 is 1.35 bits per heavy atom. The summed E-state index contributed by atoms with van der Waals surface area (Å²) < 4.78 is 17.4. The molecule has 2 atom stereocenters. The molecule has 0 aliphatic carbocycles. The fraction of sp³-hybridized carbons (Fsp3) is 0.600. The van der Waals surface area contributed by atoms with Crippen LogP contribution in [0.4, 0.5) is 0 Å². The summed E-state index contributed by atoms with van der Waals surface area (Å²) >= 11 is 7.33. The molecular weight excluding hydrogens is 388 g/mol. The highest BCUT2D eigenvalue weighted by molar-refractivity contribution is 9.10. The van der Waals surface area contributed by atoms with Gasteiger partial charge in [0.15, 0.2) is 0 Å². The number of ether oxygens (including phenoxy) is 3. The molecule has 1 saturated heterocycles. The van der Waals surface area contributed by atoms with Gasteiger partial charge in [0.2, 0.25) is 0 Å². The van der Waals surface area contributed by atoms with Gasteiger partial charge in [-0.15, -0.1) is 0 Å². The number of halogens is 2. The summed E-state index contributed by atoms with van der Waals surface area (Å²) in [4.78, 5) is 0.229. The van der Waals surface area contributed by atoms with E-state index in [1.807, 2.05) is 6.07 Å². The molecule has 1 aliphatic heterocycles. The molecule has 0 amide bonds. The maximum absolute atomic E-state index is 5.83. The van der Waals surface area contributed by atoms with E-state index in [4.69, 9.17) is 14.2 Å². The summed E-state index contributed by atoms with van der Waals surface area (Å²) in [5, 5.41) is 0. The van der Waals surface area contributed by atoms with Crippen molar-refractivity contribution in [3.05, 3.63) is 28.2 Å². The first-order valence-corrected chi connectivity index (χ1v) is 8.60. The first-order valence-electron chi connectivity index (χ1n) is 6.89. The summed E-state index contributed by atoms with van der Waals surface area (Å²) in [6, 6.07) is 6.18. The minimum Gasteiger partial charge on any atom is -0.490 e. The van der Waals surface area contributed by atoms with E-state index in [1.165, 1.54) is 18.4 Å². The van der Waals surface area contributed by atoms with Gasteiger partial charge in [-0.05, 0) is 52.9 Å². The van der Waals surface area contributed by atoms with Crippen LogP contribution < -0.4 is 4.74 Å². The Labute approximate surface area is 137 Å². The number of hydrogen-bond donors (Lipinski definition) is 0. The lowest BCUT2D eigenvalue weighted by atomic mass is 10.0. The Hall–Kier alpha value is -0.100. The van der Waals surface area contributed by atoms with Crippen LogP contribution in [0.1, 0.15) is 29.7 Å². The van der Waals surface area contributed by atoms with Gasteiger partial charge < -0.3 is 14.2 Å². The van der Waals surface area contributed by atoms with Crippen LogP contribution in [0.2, 0.25) is 0 Å². The lowest BCUT2D eigenvalue weighted by molar-refractivity contribution is 0.0160. The lowest BCUT2D eigenvalue weighted by Crippen LogP contribution is -2.23. The second-order valence-electron chi connectivity index (χ2n) is 4.84. The average molecular weight is 408 g/mol. The van der Waals surface area contributed by atoms with Crippen LogP contribution in [0.3, 0.4) is 0 Å². The van der Waals surface area contributed by atoms with Crippen molar-refractivity contribution < 1.29 is 14.2 Å². The van der Waals surface area contributed by atoms with Crippen molar-refractivity contribution in [1.82, 2.24) is 0 Å². The number of rotatable bonds is 6. The van der Waals surface area contributed by atoms with Crippen LogP contribution in [-0.2, 0) is 9.47 Å². The van der Waals surface area contributed by atoms with Gasteiger partial charge in [0.05, 0.1) is 22.0 Å². The Bertz CT molecular complexity index is 420. The zero-order valence-corrected chi connectivity index (χ0v) is 14.8.